The number of nitrogens with zero attached hydrogens (tertiary/aromatic N) is 5. The number of aromatic nitrogens is 5. The molecule has 4 rings (SSSR count). The molecule has 0 aliphatic carbocycles. The lowest BCUT2D eigenvalue weighted by Gasteiger charge is -2.25. The number of rotatable bonds is 3. The lowest BCUT2D eigenvalue weighted by Crippen LogP contribution is -2.25. The Morgan fingerprint density at radius 1 is 1.27 bits per heavy atom. The number of H-pyrrole nitrogens is 1. The van der Waals surface area contributed by atoms with Gasteiger partial charge in [-0.2, -0.15) is 5.10 Å². The third-order valence-electron chi connectivity index (χ3n) is 4.17. The molecule has 7 nitrogen and oxygen atoms in total. The van der Waals surface area contributed by atoms with Crippen molar-refractivity contribution in [2.75, 3.05) is 18.6 Å². The molecule has 1 saturated heterocycles. The van der Waals surface area contributed by atoms with E-state index in [-0.39, 0.29) is 12.1 Å². The first kappa shape index (κ1) is 13.1. The van der Waals surface area contributed by atoms with E-state index in [2.05, 4.69) is 30.0 Å². The molecule has 0 saturated carbocycles. The van der Waals surface area contributed by atoms with Gasteiger partial charge in [0.15, 0.2) is 0 Å². The minimum absolute atomic E-state index is 0.109. The van der Waals surface area contributed by atoms with Gasteiger partial charge in [0, 0.05) is 49.7 Å². The molecule has 7 heteroatoms. The van der Waals surface area contributed by atoms with E-state index < -0.39 is 0 Å². The Bertz CT molecular complexity index is 769. The van der Waals surface area contributed by atoms with E-state index in [1.165, 1.54) is 0 Å². The maximum atomic E-state index is 5.57. The normalized spacial score (nSPS) is 21.6. The summed E-state index contributed by atoms with van der Waals surface area (Å²) in [6.07, 6.45) is 8.02. The Balaban J connectivity index is 1.81. The van der Waals surface area contributed by atoms with Crippen LogP contribution in [0, 0.1) is 0 Å². The topological polar surface area (TPSA) is 79.8 Å². The van der Waals surface area contributed by atoms with Gasteiger partial charge in [0.05, 0.1) is 17.7 Å². The molecule has 3 aromatic heterocycles. The first-order valence-electron chi connectivity index (χ1n) is 7.20. The van der Waals surface area contributed by atoms with Crippen molar-refractivity contribution >= 4 is 16.6 Å². The van der Waals surface area contributed by atoms with E-state index in [1.54, 1.807) is 19.6 Å². The predicted octanol–water partition coefficient (Wildman–Crippen LogP) is 1.71. The summed E-state index contributed by atoms with van der Waals surface area (Å²) in [5.41, 5.74) is 2.03. The van der Waals surface area contributed by atoms with Gasteiger partial charge in [-0.25, -0.2) is 4.98 Å². The van der Waals surface area contributed by atoms with E-state index in [1.807, 2.05) is 24.5 Å². The zero-order valence-corrected chi connectivity index (χ0v) is 12.2. The minimum Gasteiger partial charge on any atom is -0.380 e. The summed E-state index contributed by atoms with van der Waals surface area (Å²) >= 11 is 0. The van der Waals surface area contributed by atoms with Crippen LogP contribution in [-0.4, -0.2) is 44.9 Å². The highest BCUT2D eigenvalue weighted by molar-refractivity contribution is 5.91. The van der Waals surface area contributed by atoms with Gasteiger partial charge in [-0.1, -0.05) is 0 Å². The zero-order valence-electron chi connectivity index (χ0n) is 12.2. The highest BCUT2D eigenvalue weighted by Crippen LogP contribution is 2.38. The van der Waals surface area contributed by atoms with Gasteiger partial charge in [0.1, 0.15) is 12.2 Å². The zero-order chi connectivity index (χ0) is 14.9. The average Bonchev–Trinajstić information content (AvgIpc) is 3.23. The number of ether oxygens (including phenoxy) is 1. The average molecular weight is 296 g/mol. The molecule has 1 N–H and O–H groups in total. The summed E-state index contributed by atoms with van der Waals surface area (Å²) in [6.45, 7) is 0.801. The quantitative estimate of drug-likeness (QED) is 0.792. The highest BCUT2D eigenvalue weighted by atomic mass is 16.5. The van der Waals surface area contributed by atoms with Crippen LogP contribution in [0.5, 0.6) is 0 Å². The summed E-state index contributed by atoms with van der Waals surface area (Å²) < 4.78 is 5.57. The van der Waals surface area contributed by atoms with Gasteiger partial charge in [-0.3, -0.25) is 15.1 Å². The summed E-state index contributed by atoms with van der Waals surface area (Å²) in [6, 6.07) is 4.05. The lowest BCUT2D eigenvalue weighted by molar-refractivity contribution is 0.118. The molecule has 1 aliphatic heterocycles. The Kier molecular flexibility index (Phi) is 3.19. The Hall–Kier alpha value is -2.54. The standard InChI is InChI=1S/C15H16N6O/c1-22-10-6-14(15-18-9-19-20-15)21(8-10)13-3-5-17-12-2-4-16-7-11(12)13/h2-5,7,9-10,14H,6,8H2,1H3,(H,18,19,20)/t10-,14+/m1/s1. The monoisotopic (exact) mass is 296 g/mol. The highest BCUT2D eigenvalue weighted by Gasteiger charge is 2.35. The van der Waals surface area contributed by atoms with Crippen molar-refractivity contribution in [3.63, 3.8) is 0 Å². The number of pyridine rings is 2. The summed E-state index contributed by atoms with van der Waals surface area (Å²) in [7, 11) is 1.75. The molecular weight excluding hydrogens is 280 g/mol. The fourth-order valence-corrected chi connectivity index (χ4v) is 3.09. The first-order chi connectivity index (χ1) is 10.9. The Labute approximate surface area is 127 Å². The Morgan fingerprint density at radius 3 is 3.05 bits per heavy atom. The van der Waals surface area contributed by atoms with Crippen LogP contribution >= 0.6 is 0 Å². The molecule has 112 valence electrons. The predicted molar refractivity (Wildman–Crippen MR) is 81.4 cm³/mol. The molecule has 0 radical (unpaired) electrons. The minimum atomic E-state index is 0.109. The largest absolute Gasteiger partial charge is 0.380 e. The van der Waals surface area contributed by atoms with Crippen LogP contribution in [0.1, 0.15) is 18.3 Å². The molecule has 0 aromatic carbocycles. The van der Waals surface area contributed by atoms with Crippen LogP contribution < -0.4 is 4.90 Å². The second-order valence-corrected chi connectivity index (χ2v) is 5.36. The van der Waals surface area contributed by atoms with Gasteiger partial charge in [-0.05, 0) is 12.1 Å². The second-order valence-electron chi connectivity index (χ2n) is 5.36. The number of fused-ring (bicyclic) bond motifs is 1. The van der Waals surface area contributed by atoms with Crippen molar-refractivity contribution in [1.82, 2.24) is 25.1 Å². The number of aromatic amines is 1. The van der Waals surface area contributed by atoms with Crippen molar-refractivity contribution in [3.05, 3.63) is 42.9 Å². The smallest absolute Gasteiger partial charge is 0.147 e. The third-order valence-corrected chi connectivity index (χ3v) is 4.17. The third kappa shape index (κ3) is 2.10. The van der Waals surface area contributed by atoms with E-state index in [9.17, 15) is 0 Å². The van der Waals surface area contributed by atoms with Crippen molar-refractivity contribution in [1.29, 1.82) is 0 Å². The van der Waals surface area contributed by atoms with Crippen LogP contribution in [0.25, 0.3) is 10.9 Å². The molecule has 4 heterocycles. The lowest BCUT2D eigenvalue weighted by atomic mass is 10.1. The SMILES string of the molecule is CO[C@@H]1C[C@@H](c2ncn[nH]2)N(c2ccnc3ccncc23)C1. The van der Waals surface area contributed by atoms with E-state index in [0.29, 0.717) is 0 Å². The van der Waals surface area contributed by atoms with Gasteiger partial charge < -0.3 is 9.64 Å². The first-order valence-corrected chi connectivity index (χ1v) is 7.20. The van der Waals surface area contributed by atoms with Gasteiger partial charge in [0.25, 0.3) is 0 Å². The van der Waals surface area contributed by atoms with Gasteiger partial charge in [-0.15, -0.1) is 0 Å². The molecule has 0 amide bonds. The van der Waals surface area contributed by atoms with E-state index >= 15 is 0 Å². The Morgan fingerprint density at radius 2 is 2.23 bits per heavy atom. The summed E-state index contributed by atoms with van der Waals surface area (Å²) in [4.78, 5) is 15.3. The summed E-state index contributed by atoms with van der Waals surface area (Å²) in [5.74, 6) is 0.855. The molecular formula is C15H16N6O. The van der Waals surface area contributed by atoms with E-state index in [4.69, 9.17) is 4.74 Å². The molecule has 0 spiro atoms. The maximum absolute atomic E-state index is 5.57. The van der Waals surface area contributed by atoms with Gasteiger partial charge >= 0.3 is 0 Å². The number of hydrogen-bond donors (Lipinski definition) is 1. The number of anilines is 1. The number of hydrogen-bond acceptors (Lipinski definition) is 6. The van der Waals surface area contributed by atoms with Crippen LogP contribution in [-0.2, 0) is 4.74 Å². The molecule has 3 aromatic rings. The molecule has 1 aliphatic rings. The molecule has 0 bridgehead atoms. The van der Waals surface area contributed by atoms with Crippen LogP contribution in [0.3, 0.4) is 0 Å². The fourth-order valence-electron chi connectivity index (χ4n) is 3.09. The van der Waals surface area contributed by atoms with Crippen molar-refractivity contribution in [2.45, 2.75) is 18.6 Å². The van der Waals surface area contributed by atoms with Gasteiger partial charge in [0.2, 0.25) is 0 Å². The molecule has 2 atom stereocenters. The summed E-state index contributed by atoms with van der Waals surface area (Å²) in [5, 5.41) is 8.00. The van der Waals surface area contributed by atoms with Crippen LogP contribution in [0.15, 0.2) is 37.1 Å². The van der Waals surface area contributed by atoms with Crippen LogP contribution in [0.2, 0.25) is 0 Å². The number of nitrogens with one attached hydrogen (secondary N) is 1. The van der Waals surface area contributed by atoms with Crippen molar-refractivity contribution in [3.8, 4) is 0 Å². The molecule has 0 unspecified atom stereocenters. The molecule has 22 heavy (non-hydrogen) atoms. The van der Waals surface area contributed by atoms with E-state index in [0.717, 1.165) is 35.4 Å². The number of methoxy groups -OCH3 is 1. The van der Waals surface area contributed by atoms with Crippen molar-refractivity contribution < 1.29 is 4.74 Å². The molecule has 1 fully saturated rings. The fraction of sp³-hybridized carbons (Fsp3) is 0.333. The second kappa shape index (κ2) is 5.34. The maximum Gasteiger partial charge on any atom is 0.147 e. The van der Waals surface area contributed by atoms with Crippen molar-refractivity contribution in [2.24, 2.45) is 0 Å². The van der Waals surface area contributed by atoms with Crippen LogP contribution in [0.4, 0.5) is 5.69 Å².